The third kappa shape index (κ3) is 6.73. The average Bonchev–Trinajstić information content (AvgIpc) is 3.55. The summed E-state index contributed by atoms with van der Waals surface area (Å²) in [4.78, 5) is 18.7. The Kier molecular flexibility index (Phi) is 8.98. The van der Waals surface area contributed by atoms with Gasteiger partial charge in [-0.2, -0.15) is 0 Å². The Morgan fingerprint density at radius 1 is 1.29 bits per heavy atom. The van der Waals surface area contributed by atoms with Crippen LogP contribution in [0.25, 0.3) is 0 Å². The van der Waals surface area contributed by atoms with Crippen molar-refractivity contribution in [2.75, 3.05) is 39.4 Å². The van der Waals surface area contributed by atoms with Gasteiger partial charge in [0.2, 0.25) is 5.91 Å². The summed E-state index contributed by atoms with van der Waals surface area (Å²) in [5.74, 6) is 1.61. The van der Waals surface area contributed by atoms with Gasteiger partial charge in [0.25, 0.3) is 0 Å². The number of aliphatic hydroxyl groups is 1. The van der Waals surface area contributed by atoms with Gasteiger partial charge in [0.1, 0.15) is 24.7 Å². The standard InChI is InChI=1S/C27H34N2O5S/c1-3-28(15-21(30)17-32-18-22-8-6-13-33-22)16-27(31)29-12-10-26-23(11-14-35-26)24(29)19-34-25-9-5-4-7-20(25)2/h4-9,11,13-14,21,24,30H,3,10,12,15-19H2,1-2H3/t21-,24-/m1/s1. The lowest BCUT2D eigenvalue weighted by atomic mass is 10.0. The van der Waals surface area contributed by atoms with Crippen LogP contribution < -0.4 is 4.74 Å². The number of aryl methyl sites for hydroxylation is 1. The lowest BCUT2D eigenvalue weighted by Crippen LogP contribution is -2.48. The van der Waals surface area contributed by atoms with E-state index in [-0.39, 0.29) is 25.1 Å². The minimum absolute atomic E-state index is 0.0470. The molecular formula is C27H34N2O5S. The SMILES string of the molecule is CCN(CC(=O)N1CCc2sccc2[C@H]1COc1ccccc1C)C[C@@H](O)COCc1ccco1. The van der Waals surface area contributed by atoms with E-state index in [0.29, 0.717) is 32.8 Å². The molecule has 1 amide bonds. The molecule has 35 heavy (non-hydrogen) atoms. The maximum atomic E-state index is 13.4. The molecule has 1 aromatic carbocycles. The van der Waals surface area contributed by atoms with Crippen LogP contribution in [0.15, 0.2) is 58.5 Å². The second-order valence-corrected chi connectivity index (χ2v) is 9.81. The van der Waals surface area contributed by atoms with Crippen molar-refractivity contribution in [2.45, 2.75) is 39.0 Å². The second-order valence-electron chi connectivity index (χ2n) is 8.80. The predicted octanol–water partition coefficient (Wildman–Crippen LogP) is 4.05. The largest absolute Gasteiger partial charge is 0.491 e. The third-order valence-corrected chi connectivity index (χ3v) is 7.31. The highest BCUT2D eigenvalue weighted by molar-refractivity contribution is 7.10. The number of likely N-dealkylation sites (N-methyl/N-ethyl adjacent to an activating group) is 1. The van der Waals surface area contributed by atoms with Crippen molar-refractivity contribution in [3.8, 4) is 5.75 Å². The topological polar surface area (TPSA) is 75.4 Å². The first-order chi connectivity index (χ1) is 17.0. The van der Waals surface area contributed by atoms with Crippen LogP contribution in [-0.2, 0) is 22.6 Å². The van der Waals surface area contributed by atoms with Crippen LogP contribution in [-0.4, -0.2) is 66.3 Å². The number of aliphatic hydroxyl groups excluding tert-OH is 1. The van der Waals surface area contributed by atoms with E-state index in [9.17, 15) is 9.90 Å². The Labute approximate surface area is 210 Å². The summed E-state index contributed by atoms with van der Waals surface area (Å²) in [6.07, 6.45) is 1.76. The minimum atomic E-state index is -0.692. The number of hydrogen-bond donors (Lipinski definition) is 1. The number of para-hydroxylation sites is 1. The zero-order chi connectivity index (χ0) is 24.6. The summed E-state index contributed by atoms with van der Waals surface area (Å²) in [6.45, 7) is 6.86. The van der Waals surface area contributed by atoms with Crippen LogP contribution in [0, 0.1) is 6.92 Å². The molecule has 0 aliphatic carbocycles. The smallest absolute Gasteiger partial charge is 0.237 e. The van der Waals surface area contributed by atoms with Crippen LogP contribution in [0.1, 0.15) is 34.7 Å². The number of ether oxygens (including phenoxy) is 2. The molecule has 0 saturated heterocycles. The zero-order valence-electron chi connectivity index (χ0n) is 20.4. The lowest BCUT2D eigenvalue weighted by molar-refractivity contribution is -0.136. The number of benzene rings is 1. The highest BCUT2D eigenvalue weighted by Crippen LogP contribution is 2.34. The van der Waals surface area contributed by atoms with Gasteiger partial charge in [0.15, 0.2) is 0 Å². The van der Waals surface area contributed by atoms with Crippen molar-refractivity contribution >= 4 is 17.2 Å². The number of amides is 1. The molecule has 0 bridgehead atoms. The zero-order valence-corrected chi connectivity index (χ0v) is 21.2. The van der Waals surface area contributed by atoms with Crippen molar-refractivity contribution in [1.29, 1.82) is 0 Å². The summed E-state index contributed by atoms with van der Waals surface area (Å²) >= 11 is 1.74. The van der Waals surface area contributed by atoms with Crippen LogP contribution in [0.2, 0.25) is 0 Å². The second kappa shape index (κ2) is 12.4. The summed E-state index contributed by atoms with van der Waals surface area (Å²) in [6, 6.07) is 13.6. The van der Waals surface area contributed by atoms with E-state index in [2.05, 4.69) is 11.4 Å². The van der Waals surface area contributed by atoms with E-state index in [1.165, 1.54) is 10.4 Å². The van der Waals surface area contributed by atoms with Crippen molar-refractivity contribution < 1.29 is 23.8 Å². The molecule has 3 aromatic rings. The monoisotopic (exact) mass is 498 g/mol. The first-order valence-corrected chi connectivity index (χ1v) is 13.0. The van der Waals surface area contributed by atoms with Crippen molar-refractivity contribution in [2.24, 2.45) is 0 Å². The molecule has 0 saturated carbocycles. The van der Waals surface area contributed by atoms with Crippen LogP contribution in [0.4, 0.5) is 0 Å². The van der Waals surface area contributed by atoms with E-state index in [1.807, 2.05) is 54.0 Å². The number of hydrogen-bond acceptors (Lipinski definition) is 7. The fourth-order valence-corrected chi connectivity index (χ4v) is 5.32. The Hall–Kier alpha value is -2.65. The number of rotatable bonds is 12. The molecule has 1 N–H and O–H groups in total. The molecular weight excluding hydrogens is 464 g/mol. The van der Waals surface area contributed by atoms with E-state index in [4.69, 9.17) is 13.9 Å². The highest BCUT2D eigenvalue weighted by Gasteiger charge is 2.33. The summed E-state index contributed by atoms with van der Waals surface area (Å²) in [5.41, 5.74) is 2.25. The Morgan fingerprint density at radius 2 is 2.14 bits per heavy atom. The molecule has 2 aromatic heterocycles. The van der Waals surface area contributed by atoms with Gasteiger partial charge in [0.05, 0.1) is 31.6 Å². The molecule has 0 fully saturated rings. The maximum absolute atomic E-state index is 13.4. The first kappa shape index (κ1) is 25.4. The van der Waals surface area contributed by atoms with Gasteiger partial charge in [-0.1, -0.05) is 25.1 Å². The van der Waals surface area contributed by atoms with Gasteiger partial charge in [-0.25, -0.2) is 0 Å². The number of nitrogens with zero attached hydrogens (tertiary/aromatic N) is 2. The van der Waals surface area contributed by atoms with Crippen molar-refractivity contribution in [3.63, 3.8) is 0 Å². The maximum Gasteiger partial charge on any atom is 0.237 e. The highest BCUT2D eigenvalue weighted by atomic mass is 32.1. The Bertz CT molecular complexity index is 1070. The number of fused-ring (bicyclic) bond motifs is 1. The van der Waals surface area contributed by atoms with Crippen LogP contribution >= 0.6 is 11.3 Å². The van der Waals surface area contributed by atoms with Gasteiger partial charge >= 0.3 is 0 Å². The third-order valence-electron chi connectivity index (χ3n) is 6.32. The van der Waals surface area contributed by atoms with Crippen LogP contribution in [0.5, 0.6) is 5.75 Å². The van der Waals surface area contributed by atoms with Crippen molar-refractivity contribution in [1.82, 2.24) is 9.80 Å². The fourth-order valence-electron chi connectivity index (χ4n) is 4.39. The van der Waals surface area contributed by atoms with E-state index >= 15 is 0 Å². The molecule has 0 radical (unpaired) electrons. The van der Waals surface area contributed by atoms with Gasteiger partial charge in [-0.15, -0.1) is 11.3 Å². The van der Waals surface area contributed by atoms with E-state index in [1.54, 1.807) is 23.7 Å². The molecule has 0 spiro atoms. The van der Waals surface area contributed by atoms with Gasteiger partial charge in [0, 0.05) is 18.0 Å². The lowest BCUT2D eigenvalue weighted by Gasteiger charge is -2.37. The minimum Gasteiger partial charge on any atom is -0.491 e. The molecule has 4 rings (SSSR count). The van der Waals surface area contributed by atoms with Gasteiger partial charge in [-0.3, -0.25) is 9.69 Å². The summed E-state index contributed by atoms with van der Waals surface area (Å²) in [5, 5.41) is 12.5. The molecule has 0 unspecified atom stereocenters. The Morgan fingerprint density at radius 3 is 2.91 bits per heavy atom. The number of thiophene rings is 1. The first-order valence-electron chi connectivity index (χ1n) is 12.1. The summed E-state index contributed by atoms with van der Waals surface area (Å²) in [7, 11) is 0. The molecule has 1 aliphatic rings. The molecule has 2 atom stereocenters. The van der Waals surface area contributed by atoms with E-state index in [0.717, 1.165) is 23.5 Å². The summed E-state index contributed by atoms with van der Waals surface area (Å²) < 4.78 is 17.0. The normalized spacial score (nSPS) is 16.3. The average molecular weight is 499 g/mol. The van der Waals surface area contributed by atoms with Gasteiger partial charge in [-0.05, 0) is 60.7 Å². The number of carbonyl (C=O) groups excluding carboxylic acids is 1. The fraction of sp³-hybridized carbons (Fsp3) is 0.444. The van der Waals surface area contributed by atoms with Crippen LogP contribution in [0.3, 0.4) is 0 Å². The molecule has 8 heteroatoms. The van der Waals surface area contributed by atoms with Gasteiger partial charge < -0.3 is 23.9 Å². The molecule has 188 valence electrons. The predicted molar refractivity (Wildman–Crippen MR) is 136 cm³/mol. The number of carbonyl (C=O) groups is 1. The van der Waals surface area contributed by atoms with E-state index < -0.39 is 6.10 Å². The Balaban J connectivity index is 1.35. The molecule has 3 heterocycles. The molecule has 7 nitrogen and oxygen atoms in total. The quantitative estimate of drug-likeness (QED) is 0.406. The molecule has 1 aliphatic heterocycles. The number of furan rings is 1. The van der Waals surface area contributed by atoms with Crippen molar-refractivity contribution in [3.05, 3.63) is 75.9 Å².